The lowest BCUT2D eigenvalue weighted by Crippen LogP contribution is -2.13. The summed E-state index contributed by atoms with van der Waals surface area (Å²) in [6, 6.07) is 5.30. The van der Waals surface area contributed by atoms with E-state index in [1.807, 2.05) is 0 Å². The molecule has 1 N–H and O–H groups in total. The lowest BCUT2D eigenvalue weighted by Gasteiger charge is -2.11. The molecule has 0 unspecified atom stereocenters. The number of nitrogens with one attached hydrogen (secondary N) is 1. The number of hydrogen-bond donors (Lipinski definition) is 1. The number of benzene rings is 1. The number of aryl methyl sites for hydroxylation is 2. The first-order valence-corrected chi connectivity index (χ1v) is 9.70. The summed E-state index contributed by atoms with van der Waals surface area (Å²) >= 11 is 0. The highest BCUT2D eigenvalue weighted by Crippen LogP contribution is 2.32. The molecule has 1 saturated carbocycles. The molecule has 29 heavy (non-hydrogen) atoms. The maximum absolute atomic E-state index is 12.4. The molecule has 1 fully saturated rings. The van der Waals surface area contributed by atoms with E-state index in [-0.39, 0.29) is 12.3 Å². The molecule has 0 bridgehead atoms. The highest BCUT2D eigenvalue weighted by atomic mass is 16.5. The zero-order valence-electron chi connectivity index (χ0n) is 16.5. The van der Waals surface area contributed by atoms with E-state index in [1.165, 1.54) is 12.8 Å². The van der Waals surface area contributed by atoms with E-state index in [4.69, 9.17) is 9.26 Å². The van der Waals surface area contributed by atoms with Crippen molar-refractivity contribution in [3.8, 4) is 11.4 Å². The molecular formula is C19H23N7O3. The molecular weight excluding hydrogens is 374 g/mol. The standard InChI is InChI=1S/C19H23N7O3/c1-12-22-24-25-26(12)15-11-14(7-8-16(15)28-2)20-17(27)9-10-18-21-19(23-29-18)13-5-3-4-6-13/h7-8,11,13H,3-6,9-10H2,1-2H3,(H,20,27). The van der Waals surface area contributed by atoms with E-state index in [0.29, 0.717) is 41.2 Å². The van der Waals surface area contributed by atoms with Gasteiger partial charge in [0.15, 0.2) is 11.6 Å². The Labute approximate surface area is 167 Å². The van der Waals surface area contributed by atoms with Crippen LogP contribution in [-0.4, -0.2) is 43.4 Å². The SMILES string of the molecule is COc1ccc(NC(=O)CCc2nc(C3CCCC3)no2)cc1-n1nnnc1C. The van der Waals surface area contributed by atoms with Crippen molar-refractivity contribution in [2.75, 3.05) is 12.4 Å². The molecule has 0 atom stereocenters. The van der Waals surface area contributed by atoms with Crippen LogP contribution in [-0.2, 0) is 11.2 Å². The van der Waals surface area contributed by atoms with Crippen LogP contribution in [0.5, 0.6) is 5.75 Å². The number of methoxy groups -OCH3 is 1. The van der Waals surface area contributed by atoms with Gasteiger partial charge in [0.05, 0.1) is 7.11 Å². The Morgan fingerprint density at radius 1 is 1.34 bits per heavy atom. The molecule has 2 aromatic heterocycles. The third-order valence-corrected chi connectivity index (χ3v) is 5.09. The van der Waals surface area contributed by atoms with Gasteiger partial charge >= 0.3 is 0 Å². The smallest absolute Gasteiger partial charge is 0.227 e. The number of tetrazole rings is 1. The first-order valence-electron chi connectivity index (χ1n) is 9.70. The lowest BCUT2D eigenvalue weighted by molar-refractivity contribution is -0.116. The summed E-state index contributed by atoms with van der Waals surface area (Å²) in [7, 11) is 1.57. The van der Waals surface area contributed by atoms with Crippen LogP contribution >= 0.6 is 0 Å². The predicted molar refractivity (Wildman–Crippen MR) is 103 cm³/mol. The average Bonchev–Trinajstić information content (AvgIpc) is 3.47. The molecule has 0 spiro atoms. The van der Waals surface area contributed by atoms with E-state index < -0.39 is 0 Å². The van der Waals surface area contributed by atoms with Crippen LogP contribution in [0.4, 0.5) is 5.69 Å². The van der Waals surface area contributed by atoms with Gasteiger partial charge in [0, 0.05) is 24.4 Å². The minimum absolute atomic E-state index is 0.143. The van der Waals surface area contributed by atoms with Crippen LogP contribution < -0.4 is 10.1 Å². The Kier molecular flexibility index (Phi) is 5.50. The van der Waals surface area contributed by atoms with Crippen LogP contribution in [0.1, 0.15) is 55.6 Å². The van der Waals surface area contributed by atoms with Crippen LogP contribution in [0.3, 0.4) is 0 Å². The summed E-state index contributed by atoms with van der Waals surface area (Å²) in [5.74, 6) is 2.74. The topological polar surface area (TPSA) is 121 Å². The van der Waals surface area contributed by atoms with E-state index >= 15 is 0 Å². The normalized spacial score (nSPS) is 14.3. The van der Waals surface area contributed by atoms with E-state index in [2.05, 4.69) is 31.0 Å². The molecule has 1 aromatic carbocycles. The minimum Gasteiger partial charge on any atom is -0.494 e. The monoisotopic (exact) mass is 397 g/mol. The molecule has 10 heteroatoms. The fourth-order valence-corrected chi connectivity index (χ4v) is 3.55. The van der Waals surface area contributed by atoms with Crippen molar-refractivity contribution in [3.63, 3.8) is 0 Å². The summed E-state index contributed by atoms with van der Waals surface area (Å²) in [5.41, 5.74) is 1.27. The molecule has 2 heterocycles. The van der Waals surface area contributed by atoms with Crippen LogP contribution in [0.15, 0.2) is 22.7 Å². The van der Waals surface area contributed by atoms with Gasteiger partial charge in [-0.25, -0.2) is 0 Å². The Morgan fingerprint density at radius 3 is 2.90 bits per heavy atom. The summed E-state index contributed by atoms with van der Waals surface area (Å²) in [6.07, 6.45) is 5.30. The highest BCUT2D eigenvalue weighted by molar-refractivity contribution is 5.91. The van der Waals surface area contributed by atoms with E-state index in [9.17, 15) is 4.79 Å². The molecule has 1 amide bonds. The summed E-state index contributed by atoms with van der Waals surface area (Å²) in [4.78, 5) is 16.8. The van der Waals surface area contributed by atoms with Gasteiger partial charge in [0.2, 0.25) is 11.8 Å². The maximum Gasteiger partial charge on any atom is 0.227 e. The number of hydrogen-bond acceptors (Lipinski definition) is 8. The number of carbonyl (C=O) groups excluding carboxylic acids is 1. The van der Waals surface area contributed by atoms with Gasteiger partial charge in [0.1, 0.15) is 11.4 Å². The molecule has 3 aromatic rings. The first kappa shape index (κ1) is 19.0. The Bertz CT molecular complexity index is 991. The van der Waals surface area contributed by atoms with Gasteiger partial charge in [0.25, 0.3) is 0 Å². The second-order valence-electron chi connectivity index (χ2n) is 7.10. The van der Waals surface area contributed by atoms with Crippen molar-refractivity contribution in [2.24, 2.45) is 0 Å². The summed E-state index contributed by atoms with van der Waals surface area (Å²) in [5, 5.41) is 18.5. The quantitative estimate of drug-likeness (QED) is 0.646. The van der Waals surface area contributed by atoms with Crippen LogP contribution in [0, 0.1) is 6.92 Å². The molecule has 0 aliphatic heterocycles. The van der Waals surface area contributed by atoms with Crippen molar-refractivity contribution < 1.29 is 14.1 Å². The minimum atomic E-state index is -0.143. The maximum atomic E-state index is 12.4. The van der Waals surface area contributed by atoms with Gasteiger partial charge in [-0.15, -0.1) is 5.10 Å². The molecule has 0 saturated heterocycles. The van der Waals surface area contributed by atoms with Crippen LogP contribution in [0.25, 0.3) is 5.69 Å². The first-order chi connectivity index (χ1) is 14.1. The number of aromatic nitrogens is 6. The molecule has 4 rings (SSSR count). The third kappa shape index (κ3) is 4.25. The largest absolute Gasteiger partial charge is 0.494 e. The van der Waals surface area contributed by atoms with Crippen molar-refractivity contribution in [1.82, 2.24) is 30.3 Å². The van der Waals surface area contributed by atoms with E-state index in [1.54, 1.807) is 36.9 Å². The van der Waals surface area contributed by atoms with Crippen LogP contribution in [0.2, 0.25) is 0 Å². The Hall–Kier alpha value is -3.30. The number of anilines is 1. The number of amides is 1. The molecule has 10 nitrogen and oxygen atoms in total. The Balaban J connectivity index is 1.39. The van der Waals surface area contributed by atoms with Gasteiger partial charge in [-0.05, 0) is 48.4 Å². The number of carbonyl (C=O) groups is 1. The zero-order valence-corrected chi connectivity index (χ0v) is 16.5. The average molecular weight is 397 g/mol. The van der Waals surface area contributed by atoms with Crippen molar-refractivity contribution in [1.29, 1.82) is 0 Å². The van der Waals surface area contributed by atoms with Gasteiger partial charge in [-0.2, -0.15) is 9.67 Å². The van der Waals surface area contributed by atoms with Crippen molar-refractivity contribution in [2.45, 2.75) is 51.4 Å². The third-order valence-electron chi connectivity index (χ3n) is 5.09. The van der Waals surface area contributed by atoms with Gasteiger partial charge in [-0.1, -0.05) is 18.0 Å². The molecule has 152 valence electrons. The van der Waals surface area contributed by atoms with Crippen molar-refractivity contribution >= 4 is 11.6 Å². The van der Waals surface area contributed by atoms with Crippen molar-refractivity contribution in [3.05, 3.63) is 35.7 Å². The summed E-state index contributed by atoms with van der Waals surface area (Å²) in [6.45, 7) is 1.79. The lowest BCUT2D eigenvalue weighted by atomic mass is 10.1. The highest BCUT2D eigenvalue weighted by Gasteiger charge is 2.22. The second-order valence-corrected chi connectivity index (χ2v) is 7.10. The summed E-state index contributed by atoms with van der Waals surface area (Å²) < 4.78 is 12.2. The van der Waals surface area contributed by atoms with Gasteiger partial charge in [-0.3, -0.25) is 4.79 Å². The molecule has 1 aliphatic carbocycles. The molecule has 1 aliphatic rings. The number of nitrogens with zero attached hydrogens (tertiary/aromatic N) is 6. The van der Waals surface area contributed by atoms with E-state index in [0.717, 1.165) is 18.7 Å². The number of rotatable bonds is 7. The zero-order chi connectivity index (χ0) is 20.2. The number of ether oxygens (including phenoxy) is 1. The fourth-order valence-electron chi connectivity index (χ4n) is 3.55. The second kappa shape index (κ2) is 8.38. The van der Waals surface area contributed by atoms with Gasteiger partial charge < -0.3 is 14.6 Å². The Morgan fingerprint density at radius 2 is 2.17 bits per heavy atom. The fraction of sp³-hybridized carbons (Fsp3) is 0.474. The predicted octanol–water partition coefficient (Wildman–Crippen LogP) is 2.59. The molecule has 0 radical (unpaired) electrons.